The second kappa shape index (κ2) is 62.9. The molecule has 19 heteroatoms. The normalized spacial score (nSPS) is 26.8. The van der Waals surface area contributed by atoms with E-state index in [1.807, 2.05) is 6.08 Å². The Balaban J connectivity index is 1.32. The van der Waals surface area contributed by atoms with Crippen LogP contribution in [0.25, 0.3) is 0 Å². The van der Waals surface area contributed by atoms with Gasteiger partial charge in [-0.25, -0.2) is 0 Å². The molecule has 3 rings (SSSR count). The third-order valence-corrected chi connectivity index (χ3v) is 18.9. The minimum Gasteiger partial charge on any atom is -0.394 e. The summed E-state index contributed by atoms with van der Waals surface area (Å²) in [6, 6.07) is -1.00. The van der Waals surface area contributed by atoms with Gasteiger partial charge in [-0.05, 0) is 109 Å². The van der Waals surface area contributed by atoms with Crippen molar-refractivity contribution in [3.05, 3.63) is 134 Å². The van der Waals surface area contributed by atoms with E-state index < -0.39 is 124 Å². The molecule has 0 spiro atoms. The molecule has 0 bridgehead atoms. The SMILES string of the molecule is CC/C=C\C/C=C\C/C=C\C/C=C\C/C=C\C/C=C\C/C=C\C/C=C\CCCCCCCCCCCCCCCCCCC(=O)NC(COC1OC(CO)C(OC2OC(CO)C(OC3OC(CO)C(O)C(O)C3O)C(O)C2O)C(O)C1O)C(O)/C=C/CC/C=C/CC/C=C/CCCCCCCCC. The van der Waals surface area contributed by atoms with Gasteiger partial charge in [0.25, 0.3) is 0 Å². The van der Waals surface area contributed by atoms with E-state index in [1.165, 1.54) is 116 Å². The Hall–Kier alpha value is -4.07. The third kappa shape index (κ3) is 42.9. The zero-order valence-corrected chi connectivity index (χ0v) is 63.0. The summed E-state index contributed by atoms with van der Waals surface area (Å²) in [6.07, 6.45) is 63.0. The van der Waals surface area contributed by atoms with Crippen LogP contribution >= 0.6 is 0 Å². The first-order valence-electron chi connectivity index (χ1n) is 39.9. The molecule has 3 fully saturated rings. The molecule has 0 aromatic carbocycles. The van der Waals surface area contributed by atoms with Crippen LogP contribution in [0.15, 0.2) is 134 Å². The molecule has 17 unspecified atom stereocenters. The summed E-state index contributed by atoms with van der Waals surface area (Å²) < 4.78 is 34.4. The van der Waals surface area contributed by atoms with Crippen molar-refractivity contribution in [3.8, 4) is 0 Å². The smallest absolute Gasteiger partial charge is 0.220 e. The fraction of sp³-hybridized carbons (Fsp3) is 0.726. The van der Waals surface area contributed by atoms with E-state index >= 15 is 0 Å². The van der Waals surface area contributed by atoms with Crippen molar-refractivity contribution in [3.63, 3.8) is 0 Å². The maximum absolute atomic E-state index is 13.5. The van der Waals surface area contributed by atoms with Crippen molar-refractivity contribution in [2.75, 3.05) is 26.4 Å². The second-order valence-electron chi connectivity index (χ2n) is 27.8. The third-order valence-electron chi connectivity index (χ3n) is 18.9. The van der Waals surface area contributed by atoms with Gasteiger partial charge < -0.3 is 89.9 Å². The second-order valence-corrected chi connectivity index (χ2v) is 27.8. The fourth-order valence-electron chi connectivity index (χ4n) is 12.5. The first-order chi connectivity index (χ1) is 50.3. The van der Waals surface area contributed by atoms with E-state index in [0.29, 0.717) is 12.8 Å². The van der Waals surface area contributed by atoms with Crippen LogP contribution in [-0.4, -0.2) is 193 Å². The first kappa shape index (κ1) is 93.1. The van der Waals surface area contributed by atoms with Crippen molar-refractivity contribution >= 4 is 5.91 Å². The average molecular weight is 1450 g/mol. The Bertz CT molecular complexity index is 2380. The largest absolute Gasteiger partial charge is 0.394 e. The summed E-state index contributed by atoms with van der Waals surface area (Å²) in [5.74, 6) is -0.293. The van der Waals surface area contributed by atoms with Crippen LogP contribution in [0.5, 0.6) is 0 Å². The molecule has 12 N–H and O–H groups in total. The monoisotopic (exact) mass is 1450 g/mol. The number of aliphatic hydroxyl groups is 11. The molecule has 0 aliphatic carbocycles. The topological polar surface area (TPSA) is 307 Å². The van der Waals surface area contributed by atoms with Gasteiger partial charge in [-0.15, -0.1) is 0 Å². The van der Waals surface area contributed by atoms with E-state index in [0.717, 1.165) is 109 Å². The van der Waals surface area contributed by atoms with Crippen LogP contribution in [-0.2, 0) is 33.2 Å². The zero-order chi connectivity index (χ0) is 74.6. The van der Waals surface area contributed by atoms with Crippen molar-refractivity contribution < 1.29 is 89.4 Å². The number of carbonyl (C=O) groups is 1. The van der Waals surface area contributed by atoms with Crippen molar-refractivity contribution in [2.45, 2.75) is 362 Å². The summed E-state index contributed by atoms with van der Waals surface area (Å²) >= 11 is 0. The van der Waals surface area contributed by atoms with E-state index in [1.54, 1.807) is 6.08 Å². The molecule has 590 valence electrons. The van der Waals surface area contributed by atoms with E-state index in [4.69, 9.17) is 28.4 Å². The Kier molecular flexibility index (Phi) is 56.9. The minimum atomic E-state index is -1.99. The van der Waals surface area contributed by atoms with Crippen LogP contribution < -0.4 is 5.32 Å². The Morgan fingerprint density at radius 2 is 0.680 bits per heavy atom. The van der Waals surface area contributed by atoms with Gasteiger partial charge >= 0.3 is 0 Å². The number of hydrogen-bond donors (Lipinski definition) is 12. The summed E-state index contributed by atoms with van der Waals surface area (Å²) in [5.41, 5.74) is 0. The molecular weight excluding hydrogens is 1310 g/mol. The quantitative estimate of drug-likeness (QED) is 0.0199. The lowest BCUT2D eigenvalue weighted by molar-refractivity contribution is -0.379. The molecule has 0 aromatic rings. The lowest BCUT2D eigenvalue weighted by atomic mass is 9.96. The standard InChI is InChI=1S/C84H141NO18/c1-3-5-7-9-11-13-15-17-19-21-22-23-24-25-26-27-28-29-30-31-32-33-34-35-36-37-38-39-40-41-42-43-44-46-48-50-52-54-56-58-60-62-72(90)85-67(68(89)61-59-57-55-53-51-49-47-45-20-18-16-14-12-10-8-6-4-2)66-98-82-78(96)75(93)80(70(64-87)100-82)103-84-79(97)76(94)81(71(65-88)101-84)102-83-77(95)74(92)73(91)69(63-86)99-83/h5,7,11,13,17,19-20,22-23,25-26,28-29,31-32,34-35,45,51,53,59,61,67-71,73-84,86-89,91-97H,3-4,6,8-10,12,14-16,18,21,24,27,30,33,36-44,46-50,52,54-58,60,62-66H2,1-2H3,(H,85,90)/b7-5-,13-11-,19-17-,23-22-,26-25-,29-28-,32-31-,35-34-,45-20+,53-51+,61-59+. The van der Waals surface area contributed by atoms with Gasteiger partial charge in [0, 0.05) is 6.42 Å². The molecular formula is C84H141NO18. The number of nitrogens with one attached hydrogen (secondary N) is 1. The lowest BCUT2D eigenvalue weighted by Crippen LogP contribution is -2.66. The Morgan fingerprint density at radius 3 is 1.09 bits per heavy atom. The highest BCUT2D eigenvalue weighted by atomic mass is 16.8. The Labute approximate surface area is 620 Å². The highest BCUT2D eigenvalue weighted by molar-refractivity contribution is 5.76. The summed E-state index contributed by atoms with van der Waals surface area (Å²) in [6.45, 7) is 1.58. The molecule has 19 nitrogen and oxygen atoms in total. The summed E-state index contributed by atoms with van der Waals surface area (Å²) in [5, 5.41) is 121. The summed E-state index contributed by atoms with van der Waals surface area (Å²) in [4.78, 5) is 13.5. The molecule has 0 saturated carbocycles. The number of carbonyl (C=O) groups excluding carboxylic acids is 1. The highest BCUT2D eigenvalue weighted by Crippen LogP contribution is 2.33. The van der Waals surface area contributed by atoms with Crippen LogP contribution in [0.2, 0.25) is 0 Å². The minimum absolute atomic E-state index is 0.226. The van der Waals surface area contributed by atoms with E-state index in [-0.39, 0.29) is 18.9 Å². The van der Waals surface area contributed by atoms with E-state index in [2.05, 4.69) is 141 Å². The zero-order valence-electron chi connectivity index (χ0n) is 63.0. The predicted octanol–water partition coefficient (Wildman–Crippen LogP) is 13.3. The van der Waals surface area contributed by atoms with Gasteiger partial charge in [0.05, 0.1) is 38.6 Å². The molecule has 3 heterocycles. The average Bonchev–Trinajstić information content (AvgIpc) is 0.782. The molecule has 0 aromatic heterocycles. The van der Waals surface area contributed by atoms with E-state index in [9.17, 15) is 61.0 Å². The number of aliphatic hydroxyl groups excluding tert-OH is 11. The molecule has 3 aliphatic heterocycles. The van der Waals surface area contributed by atoms with Crippen LogP contribution in [0.3, 0.4) is 0 Å². The molecule has 103 heavy (non-hydrogen) atoms. The maximum Gasteiger partial charge on any atom is 0.220 e. The Morgan fingerprint density at radius 1 is 0.359 bits per heavy atom. The molecule has 0 radical (unpaired) electrons. The number of ether oxygens (including phenoxy) is 6. The van der Waals surface area contributed by atoms with Crippen molar-refractivity contribution in [2.24, 2.45) is 0 Å². The lowest BCUT2D eigenvalue weighted by Gasteiger charge is -2.48. The van der Waals surface area contributed by atoms with Crippen LogP contribution in [0, 0.1) is 0 Å². The number of allylic oxidation sites excluding steroid dienone is 21. The summed E-state index contributed by atoms with van der Waals surface area (Å²) in [7, 11) is 0. The first-order valence-corrected chi connectivity index (χ1v) is 39.9. The molecule has 1 amide bonds. The number of rotatable bonds is 61. The molecule has 3 saturated heterocycles. The van der Waals surface area contributed by atoms with Crippen molar-refractivity contribution in [1.82, 2.24) is 5.32 Å². The van der Waals surface area contributed by atoms with Gasteiger partial charge in [0.2, 0.25) is 5.91 Å². The van der Waals surface area contributed by atoms with Gasteiger partial charge in [-0.2, -0.15) is 0 Å². The van der Waals surface area contributed by atoms with Crippen LogP contribution in [0.4, 0.5) is 0 Å². The van der Waals surface area contributed by atoms with Gasteiger partial charge in [0.15, 0.2) is 18.9 Å². The number of hydrogen-bond acceptors (Lipinski definition) is 18. The van der Waals surface area contributed by atoms with Gasteiger partial charge in [-0.3, -0.25) is 4.79 Å². The fourth-order valence-corrected chi connectivity index (χ4v) is 12.5. The molecule has 17 atom stereocenters. The number of unbranched alkanes of at least 4 members (excludes halogenated alkanes) is 25. The number of amides is 1. The maximum atomic E-state index is 13.5. The van der Waals surface area contributed by atoms with Gasteiger partial charge in [-0.1, -0.05) is 276 Å². The predicted molar refractivity (Wildman–Crippen MR) is 410 cm³/mol. The van der Waals surface area contributed by atoms with Crippen molar-refractivity contribution in [1.29, 1.82) is 0 Å². The van der Waals surface area contributed by atoms with Gasteiger partial charge in [0.1, 0.15) is 73.2 Å². The molecule has 3 aliphatic rings. The highest BCUT2D eigenvalue weighted by Gasteiger charge is 2.53. The van der Waals surface area contributed by atoms with Crippen LogP contribution in [0.1, 0.15) is 258 Å².